The van der Waals surface area contributed by atoms with Crippen LogP contribution in [0.4, 0.5) is 5.69 Å². The Kier molecular flexibility index (Phi) is 5.34. The van der Waals surface area contributed by atoms with Crippen molar-refractivity contribution >= 4 is 24.0 Å². The number of rotatable bonds is 4. The van der Waals surface area contributed by atoms with Crippen molar-refractivity contribution in [3.8, 4) is 11.4 Å². The summed E-state index contributed by atoms with van der Waals surface area (Å²) in [6.07, 6.45) is 5.97. The lowest BCUT2D eigenvalue weighted by molar-refractivity contribution is -0.120. The van der Waals surface area contributed by atoms with Crippen molar-refractivity contribution in [3.63, 3.8) is 0 Å². The predicted octanol–water partition coefficient (Wildman–Crippen LogP) is 2.55. The van der Waals surface area contributed by atoms with E-state index in [2.05, 4.69) is 20.8 Å². The molecular formula is C17H23ClN6O. The van der Waals surface area contributed by atoms with Gasteiger partial charge < -0.3 is 11.1 Å². The molecule has 2 fully saturated rings. The summed E-state index contributed by atoms with van der Waals surface area (Å²) in [5, 5.41) is 15.0. The van der Waals surface area contributed by atoms with Crippen molar-refractivity contribution in [2.24, 2.45) is 11.7 Å². The summed E-state index contributed by atoms with van der Waals surface area (Å²) in [7, 11) is 0. The Labute approximate surface area is 152 Å². The highest BCUT2D eigenvalue weighted by Gasteiger charge is 2.28. The van der Waals surface area contributed by atoms with Crippen molar-refractivity contribution in [1.29, 1.82) is 0 Å². The average Bonchev–Trinajstić information content (AvgIpc) is 3.32. The molecule has 3 N–H and O–H groups in total. The molecule has 1 aromatic carbocycles. The lowest BCUT2D eigenvalue weighted by Gasteiger charge is -2.25. The van der Waals surface area contributed by atoms with Crippen LogP contribution in [0, 0.1) is 5.92 Å². The van der Waals surface area contributed by atoms with Gasteiger partial charge in [-0.2, -0.15) is 0 Å². The molecule has 0 bridgehead atoms. The zero-order valence-electron chi connectivity index (χ0n) is 14.0. The zero-order valence-corrected chi connectivity index (χ0v) is 14.8. The van der Waals surface area contributed by atoms with Gasteiger partial charge in [-0.25, -0.2) is 4.68 Å². The third kappa shape index (κ3) is 3.99. The molecule has 2 atom stereocenters. The molecule has 0 spiro atoms. The molecule has 2 aliphatic rings. The number of nitrogens with zero attached hydrogens (tertiary/aromatic N) is 4. The maximum absolute atomic E-state index is 12.5. The summed E-state index contributed by atoms with van der Waals surface area (Å²) >= 11 is 0. The van der Waals surface area contributed by atoms with Gasteiger partial charge in [-0.1, -0.05) is 18.6 Å². The highest BCUT2D eigenvalue weighted by atomic mass is 35.5. The molecule has 2 unspecified atom stereocenters. The number of aromatic nitrogens is 4. The molecule has 8 heteroatoms. The molecule has 2 aliphatic carbocycles. The Balaban J connectivity index is 0.00000182. The molecule has 2 saturated carbocycles. The van der Waals surface area contributed by atoms with E-state index in [1.54, 1.807) is 0 Å². The molecule has 0 saturated heterocycles. The van der Waals surface area contributed by atoms with Crippen LogP contribution < -0.4 is 11.1 Å². The Morgan fingerprint density at radius 3 is 2.84 bits per heavy atom. The molecule has 1 heterocycles. The van der Waals surface area contributed by atoms with Crippen LogP contribution in [0.25, 0.3) is 11.4 Å². The van der Waals surface area contributed by atoms with Crippen molar-refractivity contribution < 1.29 is 4.79 Å². The molecule has 1 amide bonds. The van der Waals surface area contributed by atoms with E-state index in [0.717, 1.165) is 55.6 Å². The first-order valence-corrected chi connectivity index (χ1v) is 8.65. The highest BCUT2D eigenvalue weighted by Crippen LogP contribution is 2.36. The van der Waals surface area contributed by atoms with Gasteiger partial charge in [0.25, 0.3) is 0 Å². The standard InChI is InChI=1S/C17H22N6O.ClH/c18-13-5-1-4-12(9-13)17(24)19-14-6-2-3-11(10-14)16-20-21-22-23(16)15-7-8-15;/h2-3,6,10,12-13,15H,1,4-5,7-9,18H2,(H,19,24);1H. The first-order valence-electron chi connectivity index (χ1n) is 8.65. The SMILES string of the molecule is Cl.NC1CCCC(C(=O)Nc2cccc(-c3nnnn3C3CC3)c2)C1. The summed E-state index contributed by atoms with van der Waals surface area (Å²) in [5.74, 6) is 0.826. The number of tetrazole rings is 1. The minimum atomic E-state index is 0. The lowest BCUT2D eigenvalue weighted by atomic mass is 9.85. The van der Waals surface area contributed by atoms with Gasteiger partial charge in [0.15, 0.2) is 5.82 Å². The van der Waals surface area contributed by atoms with Crippen LogP contribution in [0.1, 0.15) is 44.6 Å². The fourth-order valence-electron chi connectivity index (χ4n) is 3.39. The first-order chi connectivity index (χ1) is 11.7. The number of halogens is 1. The Bertz CT molecular complexity index is 744. The van der Waals surface area contributed by atoms with Gasteiger partial charge >= 0.3 is 0 Å². The summed E-state index contributed by atoms with van der Waals surface area (Å²) in [4.78, 5) is 12.5. The van der Waals surface area contributed by atoms with Gasteiger partial charge in [0.2, 0.25) is 5.91 Å². The molecule has 0 aliphatic heterocycles. The summed E-state index contributed by atoms with van der Waals surface area (Å²) < 4.78 is 1.88. The van der Waals surface area contributed by atoms with E-state index in [1.807, 2.05) is 28.9 Å². The topological polar surface area (TPSA) is 98.7 Å². The molecule has 4 rings (SSSR count). The Hall–Kier alpha value is -1.99. The van der Waals surface area contributed by atoms with Crippen LogP contribution in [0.15, 0.2) is 24.3 Å². The number of nitrogens with one attached hydrogen (secondary N) is 1. The quantitative estimate of drug-likeness (QED) is 0.870. The van der Waals surface area contributed by atoms with E-state index in [1.165, 1.54) is 0 Å². The first kappa shape index (κ1) is 17.8. The number of carbonyl (C=O) groups excluding carboxylic acids is 1. The summed E-state index contributed by atoms with van der Waals surface area (Å²) in [6.45, 7) is 0. The molecule has 1 aromatic heterocycles. The smallest absolute Gasteiger partial charge is 0.227 e. The van der Waals surface area contributed by atoms with Gasteiger partial charge in [0, 0.05) is 23.2 Å². The third-order valence-electron chi connectivity index (χ3n) is 4.86. The van der Waals surface area contributed by atoms with E-state index < -0.39 is 0 Å². The van der Waals surface area contributed by atoms with Crippen LogP contribution in [0.3, 0.4) is 0 Å². The highest BCUT2D eigenvalue weighted by molar-refractivity contribution is 5.93. The van der Waals surface area contributed by atoms with Crippen LogP contribution in [0.2, 0.25) is 0 Å². The monoisotopic (exact) mass is 362 g/mol. The predicted molar refractivity (Wildman–Crippen MR) is 97.3 cm³/mol. The molecule has 2 aromatic rings. The number of hydrogen-bond donors (Lipinski definition) is 2. The van der Waals surface area contributed by atoms with Crippen molar-refractivity contribution in [2.75, 3.05) is 5.32 Å². The van der Waals surface area contributed by atoms with E-state index in [4.69, 9.17) is 5.73 Å². The fraction of sp³-hybridized carbons (Fsp3) is 0.529. The van der Waals surface area contributed by atoms with E-state index in [9.17, 15) is 4.79 Å². The van der Waals surface area contributed by atoms with Gasteiger partial charge in [0.1, 0.15) is 0 Å². The van der Waals surface area contributed by atoms with Crippen LogP contribution >= 0.6 is 12.4 Å². The van der Waals surface area contributed by atoms with E-state index in [0.29, 0.717) is 6.04 Å². The molecular weight excluding hydrogens is 340 g/mol. The fourth-order valence-corrected chi connectivity index (χ4v) is 3.39. The number of hydrogen-bond acceptors (Lipinski definition) is 5. The molecule has 25 heavy (non-hydrogen) atoms. The van der Waals surface area contributed by atoms with Gasteiger partial charge in [0.05, 0.1) is 6.04 Å². The van der Waals surface area contributed by atoms with Crippen LogP contribution in [0.5, 0.6) is 0 Å². The zero-order chi connectivity index (χ0) is 16.5. The normalized spacial score (nSPS) is 22.9. The summed E-state index contributed by atoms with van der Waals surface area (Å²) in [5.41, 5.74) is 7.69. The minimum absolute atomic E-state index is 0. The Morgan fingerprint density at radius 2 is 2.08 bits per heavy atom. The molecule has 0 radical (unpaired) electrons. The minimum Gasteiger partial charge on any atom is -0.328 e. The van der Waals surface area contributed by atoms with E-state index in [-0.39, 0.29) is 30.3 Å². The van der Waals surface area contributed by atoms with Crippen LogP contribution in [-0.4, -0.2) is 32.2 Å². The summed E-state index contributed by atoms with van der Waals surface area (Å²) in [6, 6.07) is 8.28. The number of carbonyl (C=O) groups is 1. The molecule has 134 valence electrons. The number of amides is 1. The van der Waals surface area contributed by atoms with Gasteiger partial charge in [-0.3, -0.25) is 4.79 Å². The van der Waals surface area contributed by atoms with Crippen molar-refractivity contribution in [2.45, 2.75) is 50.6 Å². The Morgan fingerprint density at radius 1 is 1.24 bits per heavy atom. The number of nitrogens with two attached hydrogens (primary N) is 1. The van der Waals surface area contributed by atoms with Gasteiger partial charge in [-0.15, -0.1) is 17.5 Å². The number of anilines is 1. The maximum Gasteiger partial charge on any atom is 0.227 e. The molecule has 7 nitrogen and oxygen atoms in total. The van der Waals surface area contributed by atoms with Crippen molar-refractivity contribution in [1.82, 2.24) is 20.2 Å². The van der Waals surface area contributed by atoms with Crippen LogP contribution in [-0.2, 0) is 4.79 Å². The maximum atomic E-state index is 12.5. The lowest BCUT2D eigenvalue weighted by Crippen LogP contribution is -2.34. The second kappa shape index (κ2) is 7.49. The number of benzene rings is 1. The van der Waals surface area contributed by atoms with Gasteiger partial charge in [-0.05, 0) is 54.7 Å². The largest absolute Gasteiger partial charge is 0.328 e. The average molecular weight is 363 g/mol. The second-order valence-electron chi connectivity index (χ2n) is 6.87. The third-order valence-corrected chi connectivity index (χ3v) is 4.86. The van der Waals surface area contributed by atoms with Crippen molar-refractivity contribution in [3.05, 3.63) is 24.3 Å². The second-order valence-corrected chi connectivity index (χ2v) is 6.87. The van der Waals surface area contributed by atoms with E-state index >= 15 is 0 Å².